The number of aromatic hydroxyl groups is 1. The van der Waals surface area contributed by atoms with Gasteiger partial charge in [0.05, 0.1) is 22.0 Å². The topological polar surface area (TPSA) is 124 Å². The van der Waals surface area contributed by atoms with Crippen molar-refractivity contribution in [2.75, 3.05) is 18.0 Å². The smallest absolute Gasteiger partial charge is 0.258 e. The Morgan fingerprint density at radius 3 is 2.58 bits per heavy atom. The van der Waals surface area contributed by atoms with E-state index in [0.717, 1.165) is 64.6 Å². The van der Waals surface area contributed by atoms with E-state index in [2.05, 4.69) is 38.3 Å². The molecular formula is C25H24N6O2. The lowest BCUT2D eigenvalue weighted by Gasteiger charge is -2.32. The van der Waals surface area contributed by atoms with Crippen molar-refractivity contribution >= 4 is 38.4 Å². The van der Waals surface area contributed by atoms with Gasteiger partial charge in [-0.15, -0.1) is 0 Å². The summed E-state index contributed by atoms with van der Waals surface area (Å²) in [6.45, 7) is 3.75. The average molecular weight is 441 g/mol. The number of aromatic amines is 2. The summed E-state index contributed by atoms with van der Waals surface area (Å²) in [6.07, 6.45) is 1.92. The van der Waals surface area contributed by atoms with E-state index in [9.17, 15) is 9.90 Å². The fourth-order valence-electron chi connectivity index (χ4n) is 4.91. The molecule has 8 heteroatoms. The molecule has 1 fully saturated rings. The maximum absolute atomic E-state index is 13.5. The van der Waals surface area contributed by atoms with Gasteiger partial charge in [-0.05, 0) is 56.2 Å². The van der Waals surface area contributed by atoms with Gasteiger partial charge in [0.2, 0.25) is 0 Å². The van der Waals surface area contributed by atoms with E-state index in [0.29, 0.717) is 16.7 Å². The zero-order valence-electron chi connectivity index (χ0n) is 18.2. The first-order valence-electron chi connectivity index (χ1n) is 11.1. The number of rotatable bonds is 2. The highest BCUT2D eigenvalue weighted by molar-refractivity contribution is 6.21. The molecule has 0 unspecified atom stereocenters. The van der Waals surface area contributed by atoms with Crippen LogP contribution >= 0.6 is 0 Å². The average Bonchev–Trinajstić information content (AvgIpc) is 3.19. The van der Waals surface area contributed by atoms with Gasteiger partial charge in [0, 0.05) is 46.8 Å². The number of fused-ring (bicyclic) bond motifs is 5. The Morgan fingerprint density at radius 2 is 1.82 bits per heavy atom. The summed E-state index contributed by atoms with van der Waals surface area (Å²) in [6, 6.07) is 13.2. The Bertz CT molecular complexity index is 1580. The molecule has 0 atom stereocenters. The van der Waals surface area contributed by atoms with E-state index in [1.54, 1.807) is 24.3 Å². The number of phenols is 1. The standard InChI is InChI=1S/C25H24N6O2/c1-13-20-21-18-7-4-16(31-10-8-15(26)9-11-31)12-19(18)27-25(33)22(21)23(28-24(20)30-29-13)14-2-5-17(32)6-3-14/h2-7,12,15,32H,8-11,26H2,1H3,(H,27,33)(H,28,29,30). The maximum Gasteiger partial charge on any atom is 0.258 e. The number of H-pyrrole nitrogens is 2. The quantitative estimate of drug-likeness (QED) is 0.311. The number of piperidine rings is 1. The Labute approximate surface area is 189 Å². The van der Waals surface area contributed by atoms with Crippen LogP contribution in [-0.2, 0) is 0 Å². The molecule has 5 aromatic rings. The number of hydrogen-bond donors (Lipinski definition) is 4. The molecule has 0 amide bonds. The highest BCUT2D eigenvalue weighted by Gasteiger charge is 2.21. The third kappa shape index (κ3) is 3.14. The minimum atomic E-state index is -0.201. The number of aromatic nitrogens is 4. The van der Waals surface area contributed by atoms with Crippen LogP contribution in [0.1, 0.15) is 18.5 Å². The summed E-state index contributed by atoms with van der Waals surface area (Å²) in [7, 11) is 0. The zero-order valence-corrected chi connectivity index (χ0v) is 18.2. The molecule has 2 aromatic carbocycles. The van der Waals surface area contributed by atoms with Crippen LogP contribution < -0.4 is 16.2 Å². The lowest BCUT2D eigenvalue weighted by molar-refractivity contribution is 0.475. The van der Waals surface area contributed by atoms with Crippen LogP contribution in [-0.4, -0.2) is 44.4 Å². The number of phenolic OH excluding ortho intramolecular Hbond substituents is 1. The molecule has 1 aliphatic heterocycles. The lowest BCUT2D eigenvalue weighted by Crippen LogP contribution is -2.39. The molecule has 6 rings (SSSR count). The molecule has 0 aliphatic carbocycles. The third-order valence-corrected chi connectivity index (χ3v) is 6.68. The van der Waals surface area contributed by atoms with E-state index >= 15 is 0 Å². The predicted octanol–water partition coefficient (Wildman–Crippen LogP) is 3.56. The molecule has 0 spiro atoms. The van der Waals surface area contributed by atoms with Crippen molar-refractivity contribution in [2.24, 2.45) is 5.73 Å². The SMILES string of the molecule is Cc1[nH]nc2nc(-c3ccc(O)cc3)c3c(=O)[nH]c4cc(N5CCC(N)CC5)ccc4c3c12. The highest BCUT2D eigenvalue weighted by Crippen LogP contribution is 2.36. The molecule has 0 radical (unpaired) electrons. The Balaban J connectivity index is 1.65. The third-order valence-electron chi connectivity index (χ3n) is 6.68. The Morgan fingerprint density at radius 1 is 1.06 bits per heavy atom. The second-order valence-corrected chi connectivity index (χ2v) is 8.81. The molecule has 33 heavy (non-hydrogen) atoms. The Hall–Kier alpha value is -3.91. The second kappa shape index (κ2) is 7.31. The van der Waals surface area contributed by atoms with Gasteiger partial charge in [-0.25, -0.2) is 4.98 Å². The summed E-state index contributed by atoms with van der Waals surface area (Å²) in [4.78, 5) is 23.6. The molecule has 5 N–H and O–H groups in total. The summed E-state index contributed by atoms with van der Waals surface area (Å²) < 4.78 is 0. The first-order chi connectivity index (χ1) is 16.0. The van der Waals surface area contributed by atoms with Gasteiger partial charge in [-0.1, -0.05) is 6.07 Å². The molecule has 166 valence electrons. The van der Waals surface area contributed by atoms with Gasteiger partial charge >= 0.3 is 0 Å². The van der Waals surface area contributed by atoms with Gasteiger partial charge < -0.3 is 20.7 Å². The molecule has 4 heterocycles. The largest absolute Gasteiger partial charge is 0.508 e. The second-order valence-electron chi connectivity index (χ2n) is 8.81. The van der Waals surface area contributed by atoms with Crippen molar-refractivity contribution in [3.8, 4) is 17.0 Å². The minimum absolute atomic E-state index is 0.158. The van der Waals surface area contributed by atoms with Crippen LogP contribution in [0.15, 0.2) is 47.3 Å². The number of benzene rings is 2. The molecule has 1 aliphatic rings. The Kier molecular flexibility index (Phi) is 4.38. The minimum Gasteiger partial charge on any atom is -0.508 e. The van der Waals surface area contributed by atoms with Crippen LogP contribution in [0.4, 0.5) is 5.69 Å². The van der Waals surface area contributed by atoms with Gasteiger partial charge in [-0.2, -0.15) is 5.10 Å². The van der Waals surface area contributed by atoms with Crippen LogP contribution in [0.3, 0.4) is 0 Å². The zero-order chi connectivity index (χ0) is 22.7. The summed E-state index contributed by atoms with van der Waals surface area (Å²) in [5.74, 6) is 0.158. The number of pyridine rings is 2. The van der Waals surface area contributed by atoms with Crippen molar-refractivity contribution in [1.82, 2.24) is 20.2 Å². The van der Waals surface area contributed by atoms with Crippen molar-refractivity contribution in [2.45, 2.75) is 25.8 Å². The fraction of sp³-hybridized carbons (Fsp3) is 0.240. The number of aryl methyl sites for hydroxylation is 1. The molecule has 1 saturated heterocycles. The fourth-order valence-corrected chi connectivity index (χ4v) is 4.91. The van der Waals surface area contributed by atoms with E-state index in [1.165, 1.54) is 0 Å². The number of hydrogen-bond acceptors (Lipinski definition) is 6. The maximum atomic E-state index is 13.5. The van der Waals surface area contributed by atoms with Crippen LogP contribution in [0, 0.1) is 6.92 Å². The summed E-state index contributed by atoms with van der Waals surface area (Å²) in [5, 5.41) is 20.3. The van der Waals surface area contributed by atoms with E-state index in [-0.39, 0.29) is 17.4 Å². The first kappa shape index (κ1) is 19.8. The number of anilines is 1. The monoisotopic (exact) mass is 440 g/mol. The van der Waals surface area contributed by atoms with Crippen molar-refractivity contribution in [3.63, 3.8) is 0 Å². The van der Waals surface area contributed by atoms with Crippen LogP contribution in [0.5, 0.6) is 5.75 Å². The van der Waals surface area contributed by atoms with E-state index < -0.39 is 0 Å². The van der Waals surface area contributed by atoms with Gasteiger partial charge in [0.1, 0.15) is 5.75 Å². The van der Waals surface area contributed by atoms with Gasteiger partial charge in [-0.3, -0.25) is 9.89 Å². The number of nitrogens with one attached hydrogen (secondary N) is 2. The van der Waals surface area contributed by atoms with Crippen molar-refractivity contribution < 1.29 is 5.11 Å². The molecule has 3 aromatic heterocycles. The van der Waals surface area contributed by atoms with Crippen LogP contribution in [0.25, 0.3) is 44.0 Å². The summed E-state index contributed by atoms with van der Waals surface area (Å²) >= 11 is 0. The molecule has 0 bridgehead atoms. The van der Waals surface area contributed by atoms with Gasteiger partial charge in [0.25, 0.3) is 5.56 Å². The molecule has 0 saturated carbocycles. The first-order valence-corrected chi connectivity index (χ1v) is 11.1. The highest BCUT2D eigenvalue weighted by atomic mass is 16.3. The van der Waals surface area contributed by atoms with Crippen molar-refractivity contribution in [1.29, 1.82) is 0 Å². The summed E-state index contributed by atoms with van der Waals surface area (Å²) in [5.41, 5.74) is 10.4. The lowest BCUT2D eigenvalue weighted by atomic mass is 9.98. The molecule has 8 nitrogen and oxygen atoms in total. The van der Waals surface area contributed by atoms with E-state index in [1.807, 2.05) is 6.92 Å². The van der Waals surface area contributed by atoms with Crippen LogP contribution in [0.2, 0.25) is 0 Å². The number of nitrogens with zero attached hydrogens (tertiary/aromatic N) is 3. The predicted molar refractivity (Wildman–Crippen MR) is 131 cm³/mol. The number of nitrogens with two attached hydrogens (primary N) is 1. The van der Waals surface area contributed by atoms with Gasteiger partial charge in [0.15, 0.2) is 5.65 Å². The normalized spacial score (nSPS) is 15.2. The van der Waals surface area contributed by atoms with E-state index in [4.69, 9.17) is 10.7 Å². The van der Waals surface area contributed by atoms with Crippen molar-refractivity contribution in [3.05, 3.63) is 58.5 Å². The molecular weight excluding hydrogens is 416 g/mol.